The third-order valence-electron chi connectivity index (χ3n) is 2.65. The van der Waals surface area contributed by atoms with Crippen LogP contribution in [0.5, 0.6) is 0 Å². The predicted octanol–water partition coefficient (Wildman–Crippen LogP) is 1.30. The third kappa shape index (κ3) is 5.45. The maximum absolute atomic E-state index is 12.2. The monoisotopic (exact) mass is 313 g/mol. The van der Waals surface area contributed by atoms with Crippen molar-refractivity contribution in [3.63, 3.8) is 0 Å². The van der Waals surface area contributed by atoms with Gasteiger partial charge in [-0.25, -0.2) is 13.1 Å². The number of carbonyl (C=O) groups is 1. The Morgan fingerprint density at radius 1 is 1.33 bits per heavy atom. The van der Waals surface area contributed by atoms with Gasteiger partial charge < -0.3 is 11.1 Å². The molecule has 7 heteroatoms. The number of nitrogens with two attached hydrogens (primary N) is 1. The van der Waals surface area contributed by atoms with Gasteiger partial charge in [-0.2, -0.15) is 0 Å². The van der Waals surface area contributed by atoms with E-state index in [1.54, 1.807) is 39.8 Å². The summed E-state index contributed by atoms with van der Waals surface area (Å²) in [6, 6.07) is 6.13. The van der Waals surface area contributed by atoms with Gasteiger partial charge in [-0.3, -0.25) is 4.79 Å². The van der Waals surface area contributed by atoms with Gasteiger partial charge in [0, 0.05) is 23.7 Å². The number of hydrogen-bond acceptors (Lipinski definition) is 4. The van der Waals surface area contributed by atoms with Crippen molar-refractivity contribution in [3.8, 4) is 0 Å². The molecule has 4 N–H and O–H groups in total. The molecule has 1 atom stereocenters. The summed E-state index contributed by atoms with van der Waals surface area (Å²) < 4.78 is 27.0. The lowest BCUT2D eigenvalue weighted by Crippen LogP contribution is -2.40. The van der Waals surface area contributed by atoms with Gasteiger partial charge >= 0.3 is 0 Å². The van der Waals surface area contributed by atoms with Gasteiger partial charge in [0.15, 0.2) is 0 Å². The first kappa shape index (κ1) is 17.6. The van der Waals surface area contributed by atoms with Crippen molar-refractivity contribution in [2.24, 2.45) is 11.7 Å². The summed E-state index contributed by atoms with van der Waals surface area (Å²) in [6.07, 6.45) is 0. The van der Waals surface area contributed by atoms with E-state index in [0.717, 1.165) is 0 Å². The molecule has 21 heavy (non-hydrogen) atoms. The number of amides is 1. The second-order valence-corrected chi connectivity index (χ2v) is 7.69. The number of hydrogen-bond donors (Lipinski definition) is 3. The van der Waals surface area contributed by atoms with Crippen LogP contribution in [0.25, 0.3) is 0 Å². The van der Waals surface area contributed by atoms with Crippen molar-refractivity contribution in [3.05, 3.63) is 24.3 Å². The Balaban J connectivity index is 2.98. The molecule has 0 saturated carbocycles. The van der Waals surface area contributed by atoms with E-state index in [2.05, 4.69) is 10.0 Å². The van der Waals surface area contributed by atoms with Crippen molar-refractivity contribution >= 4 is 21.6 Å². The molecule has 1 aromatic carbocycles. The van der Waals surface area contributed by atoms with Gasteiger partial charge in [-0.1, -0.05) is 13.0 Å². The Morgan fingerprint density at radius 3 is 2.48 bits per heavy atom. The van der Waals surface area contributed by atoms with Crippen LogP contribution in [0.1, 0.15) is 27.7 Å². The summed E-state index contributed by atoms with van der Waals surface area (Å²) in [5.41, 5.74) is 5.28. The lowest BCUT2D eigenvalue weighted by atomic mass is 10.1. The van der Waals surface area contributed by atoms with E-state index in [9.17, 15) is 13.2 Å². The number of sulfonamides is 1. The van der Waals surface area contributed by atoms with Crippen LogP contribution < -0.4 is 15.8 Å². The molecule has 6 nitrogen and oxygen atoms in total. The van der Waals surface area contributed by atoms with E-state index in [1.165, 1.54) is 12.1 Å². The number of nitrogens with one attached hydrogen (secondary N) is 2. The number of carbonyl (C=O) groups excluding carboxylic acids is 1. The highest BCUT2D eigenvalue weighted by atomic mass is 32.2. The Morgan fingerprint density at radius 2 is 1.95 bits per heavy atom. The van der Waals surface area contributed by atoms with E-state index in [-0.39, 0.29) is 23.3 Å². The highest BCUT2D eigenvalue weighted by Crippen LogP contribution is 2.18. The first-order valence-corrected chi connectivity index (χ1v) is 8.18. The molecule has 1 aromatic rings. The third-order valence-corrected chi connectivity index (χ3v) is 4.41. The van der Waals surface area contributed by atoms with E-state index < -0.39 is 15.6 Å². The van der Waals surface area contributed by atoms with Crippen LogP contribution in [0.15, 0.2) is 29.2 Å². The number of anilines is 1. The second-order valence-electron chi connectivity index (χ2n) is 6.01. The smallest absolute Gasteiger partial charge is 0.241 e. The van der Waals surface area contributed by atoms with Crippen molar-refractivity contribution in [2.75, 3.05) is 11.9 Å². The van der Waals surface area contributed by atoms with Gasteiger partial charge in [-0.05, 0) is 39.0 Å². The number of rotatable bonds is 5. The maximum Gasteiger partial charge on any atom is 0.241 e. The summed E-state index contributed by atoms with van der Waals surface area (Å²) in [7, 11) is -3.63. The van der Waals surface area contributed by atoms with Crippen LogP contribution in [-0.2, 0) is 14.8 Å². The fourth-order valence-corrected chi connectivity index (χ4v) is 3.04. The zero-order chi connectivity index (χ0) is 16.3. The van der Waals surface area contributed by atoms with Gasteiger partial charge in [0.1, 0.15) is 0 Å². The molecule has 0 bridgehead atoms. The fraction of sp³-hybridized carbons (Fsp3) is 0.500. The molecule has 0 saturated heterocycles. The Labute approximate surface area is 126 Å². The normalized spacial score (nSPS) is 13.8. The van der Waals surface area contributed by atoms with Crippen LogP contribution >= 0.6 is 0 Å². The molecule has 0 aliphatic rings. The Kier molecular flexibility index (Phi) is 5.49. The Hall–Kier alpha value is -1.44. The summed E-state index contributed by atoms with van der Waals surface area (Å²) in [4.78, 5) is 11.9. The van der Waals surface area contributed by atoms with Gasteiger partial charge in [-0.15, -0.1) is 0 Å². The topological polar surface area (TPSA) is 101 Å². The fourth-order valence-electron chi connectivity index (χ4n) is 1.58. The van der Waals surface area contributed by atoms with Crippen molar-refractivity contribution in [1.29, 1.82) is 0 Å². The second kappa shape index (κ2) is 6.55. The molecular formula is C14H23N3O3S. The summed E-state index contributed by atoms with van der Waals surface area (Å²) >= 11 is 0. The molecule has 118 valence electrons. The first-order valence-electron chi connectivity index (χ1n) is 6.70. The SMILES string of the molecule is CC(CN)C(=O)Nc1cccc(S(=O)(=O)NC(C)(C)C)c1. The van der Waals surface area contributed by atoms with Gasteiger partial charge in [0.25, 0.3) is 0 Å². The molecule has 0 fully saturated rings. The lowest BCUT2D eigenvalue weighted by Gasteiger charge is -2.20. The van der Waals surface area contributed by atoms with Crippen LogP contribution in [0.4, 0.5) is 5.69 Å². The van der Waals surface area contributed by atoms with Crippen molar-refractivity contribution < 1.29 is 13.2 Å². The molecule has 0 aromatic heterocycles. The Bertz CT molecular complexity index is 606. The molecule has 1 amide bonds. The molecule has 0 aliphatic heterocycles. The lowest BCUT2D eigenvalue weighted by molar-refractivity contribution is -0.119. The van der Waals surface area contributed by atoms with E-state index in [1.807, 2.05) is 0 Å². The zero-order valence-corrected chi connectivity index (χ0v) is 13.6. The molecular weight excluding hydrogens is 290 g/mol. The van der Waals surface area contributed by atoms with Crippen LogP contribution in [0.3, 0.4) is 0 Å². The average Bonchev–Trinajstić information content (AvgIpc) is 2.35. The largest absolute Gasteiger partial charge is 0.330 e. The average molecular weight is 313 g/mol. The van der Waals surface area contributed by atoms with Gasteiger partial charge in [0.2, 0.25) is 15.9 Å². The van der Waals surface area contributed by atoms with E-state index in [4.69, 9.17) is 5.73 Å². The van der Waals surface area contributed by atoms with E-state index in [0.29, 0.717) is 5.69 Å². The van der Waals surface area contributed by atoms with Crippen molar-refractivity contribution in [1.82, 2.24) is 4.72 Å². The summed E-state index contributed by atoms with van der Waals surface area (Å²) in [5, 5.41) is 2.66. The first-order chi connectivity index (χ1) is 9.55. The molecule has 0 spiro atoms. The van der Waals surface area contributed by atoms with Gasteiger partial charge in [0.05, 0.1) is 4.90 Å². The molecule has 1 rings (SSSR count). The minimum Gasteiger partial charge on any atom is -0.330 e. The highest BCUT2D eigenvalue weighted by molar-refractivity contribution is 7.89. The minimum atomic E-state index is -3.63. The quantitative estimate of drug-likeness (QED) is 0.762. The predicted molar refractivity (Wildman–Crippen MR) is 83.4 cm³/mol. The van der Waals surface area contributed by atoms with Crippen LogP contribution in [-0.4, -0.2) is 26.4 Å². The standard InChI is InChI=1S/C14H23N3O3S/c1-10(9-15)13(18)16-11-6-5-7-12(8-11)21(19,20)17-14(2,3)4/h5-8,10,17H,9,15H2,1-4H3,(H,16,18). The van der Waals surface area contributed by atoms with E-state index >= 15 is 0 Å². The van der Waals surface area contributed by atoms with Crippen molar-refractivity contribution in [2.45, 2.75) is 38.1 Å². The maximum atomic E-state index is 12.2. The molecule has 1 unspecified atom stereocenters. The highest BCUT2D eigenvalue weighted by Gasteiger charge is 2.22. The number of benzene rings is 1. The summed E-state index contributed by atoms with van der Waals surface area (Å²) in [5.74, 6) is -0.575. The van der Waals surface area contributed by atoms with Crippen LogP contribution in [0, 0.1) is 5.92 Å². The summed E-state index contributed by atoms with van der Waals surface area (Å²) in [6.45, 7) is 7.23. The molecule has 0 heterocycles. The molecule has 0 radical (unpaired) electrons. The zero-order valence-electron chi connectivity index (χ0n) is 12.8. The van der Waals surface area contributed by atoms with Crippen LogP contribution in [0.2, 0.25) is 0 Å². The minimum absolute atomic E-state index is 0.107. The molecule has 0 aliphatic carbocycles.